The smallest absolute Gasteiger partial charge is 0.223 e. The van der Waals surface area contributed by atoms with Gasteiger partial charge < -0.3 is 5.32 Å². The predicted octanol–water partition coefficient (Wildman–Crippen LogP) is 5.33. The van der Waals surface area contributed by atoms with Crippen molar-refractivity contribution >= 4 is 5.91 Å². The van der Waals surface area contributed by atoms with E-state index in [1.165, 1.54) is 82.0 Å². The van der Waals surface area contributed by atoms with Crippen LogP contribution < -0.4 is 5.32 Å². The topological polar surface area (TPSA) is 32.3 Å². The van der Waals surface area contributed by atoms with Crippen LogP contribution in [-0.4, -0.2) is 30.4 Å². The summed E-state index contributed by atoms with van der Waals surface area (Å²) in [5.74, 6) is 2.43. The lowest BCUT2D eigenvalue weighted by Gasteiger charge is -2.35. The SMILES string of the molecule is O=C(NCCc1ccc(CN2CCCC2)cc1)C1CCC(C2CCCCC2)CC1. The molecule has 0 bridgehead atoms. The fourth-order valence-corrected chi connectivity index (χ4v) is 5.94. The Morgan fingerprint density at radius 2 is 1.41 bits per heavy atom. The molecule has 0 spiro atoms. The van der Waals surface area contributed by atoms with Crippen molar-refractivity contribution in [1.29, 1.82) is 0 Å². The van der Waals surface area contributed by atoms with Gasteiger partial charge in [0.05, 0.1) is 0 Å². The van der Waals surface area contributed by atoms with Crippen molar-refractivity contribution in [1.82, 2.24) is 10.2 Å². The maximum Gasteiger partial charge on any atom is 0.223 e. The molecular weight excluding hydrogens is 356 g/mol. The summed E-state index contributed by atoms with van der Waals surface area (Å²) < 4.78 is 0. The Kier molecular flexibility index (Phi) is 7.65. The Morgan fingerprint density at radius 3 is 2.10 bits per heavy atom. The first-order valence-electron chi connectivity index (χ1n) is 12.4. The van der Waals surface area contributed by atoms with Crippen molar-refractivity contribution in [2.45, 2.75) is 83.6 Å². The molecule has 0 unspecified atom stereocenters. The van der Waals surface area contributed by atoms with E-state index in [4.69, 9.17) is 0 Å². The zero-order valence-electron chi connectivity index (χ0n) is 18.2. The fourth-order valence-electron chi connectivity index (χ4n) is 5.94. The lowest BCUT2D eigenvalue weighted by atomic mass is 9.71. The van der Waals surface area contributed by atoms with Gasteiger partial charge in [-0.1, -0.05) is 56.4 Å². The van der Waals surface area contributed by atoms with Crippen LogP contribution in [0.3, 0.4) is 0 Å². The Labute approximate surface area is 177 Å². The largest absolute Gasteiger partial charge is 0.356 e. The van der Waals surface area contributed by atoms with E-state index in [2.05, 4.69) is 34.5 Å². The molecule has 3 heteroatoms. The van der Waals surface area contributed by atoms with Gasteiger partial charge in [-0.2, -0.15) is 0 Å². The normalized spacial score (nSPS) is 26.5. The van der Waals surface area contributed by atoms with Crippen LogP contribution in [0.1, 0.15) is 81.8 Å². The Balaban J connectivity index is 1.14. The number of hydrogen-bond acceptors (Lipinski definition) is 2. The van der Waals surface area contributed by atoms with Crippen LogP contribution in [0.4, 0.5) is 0 Å². The molecule has 0 aromatic heterocycles. The van der Waals surface area contributed by atoms with E-state index in [1.807, 2.05) is 0 Å². The number of nitrogens with one attached hydrogen (secondary N) is 1. The first-order valence-corrected chi connectivity index (χ1v) is 12.4. The third-order valence-electron chi connectivity index (χ3n) is 7.80. The van der Waals surface area contributed by atoms with E-state index in [0.717, 1.165) is 44.2 Å². The zero-order chi connectivity index (χ0) is 19.9. The molecule has 2 saturated carbocycles. The molecule has 4 rings (SSSR count). The molecule has 160 valence electrons. The average Bonchev–Trinajstić information content (AvgIpc) is 3.29. The van der Waals surface area contributed by atoms with Gasteiger partial charge in [-0.3, -0.25) is 9.69 Å². The number of hydrogen-bond donors (Lipinski definition) is 1. The Bertz CT molecular complexity index is 621. The number of nitrogens with zero attached hydrogens (tertiary/aromatic N) is 1. The molecule has 0 atom stereocenters. The van der Waals surface area contributed by atoms with Gasteiger partial charge in [0.1, 0.15) is 0 Å². The summed E-state index contributed by atoms with van der Waals surface area (Å²) in [7, 11) is 0. The molecule has 1 amide bonds. The molecule has 3 fully saturated rings. The van der Waals surface area contributed by atoms with Crippen LogP contribution in [0, 0.1) is 17.8 Å². The molecule has 1 N–H and O–H groups in total. The maximum atomic E-state index is 12.6. The molecule has 1 aromatic rings. The van der Waals surface area contributed by atoms with E-state index in [-0.39, 0.29) is 5.92 Å². The maximum absolute atomic E-state index is 12.6. The molecule has 3 nitrogen and oxygen atoms in total. The summed E-state index contributed by atoms with van der Waals surface area (Å²) in [6.07, 6.45) is 15.6. The second-order valence-corrected chi connectivity index (χ2v) is 9.85. The van der Waals surface area contributed by atoms with Crippen LogP contribution in [0.2, 0.25) is 0 Å². The predicted molar refractivity (Wildman–Crippen MR) is 120 cm³/mol. The lowest BCUT2D eigenvalue weighted by molar-refractivity contribution is -0.126. The third-order valence-corrected chi connectivity index (χ3v) is 7.80. The summed E-state index contributed by atoms with van der Waals surface area (Å²) in [5, 5.41) is 3.22. The molecule has 1 saturated heterocycles. The molecule has 2 aliphatic carbocycles. The van der Waals surface area contributed by atoms with Gasteiger partial charge in [0.2, 0.25) is 5.91 Å². The summed E-state index contributed by atoms with van der Waals surface area (Å²) in [6.45, 7) is 4.35. The van der Waals surface area contributed by atoms with Crippen LogP contribution >= 0.6 is 0 Å². The van der Waals surface area contributed by atoms with Gasteiger partial charge >= 0.3 is 0 Å². The number of amides is 1. The Morgan fingerprint density at radius 1 is 0.793 bits per heavy atom. The minimum Gasteiger partial charge on any atom is -0.356 e. The molecule has 3 aliphatic rings. The summed E-state index contributed by atoms with van der Waals surface area (Å²) in [6, 6.07) is 9.02. The van der Waals surface area contributed by atoms with Crippen molar-refractivity contribution in [2.24, 2.45) is 17.8 Å². The van der Waals surface area contributed by atoms with E-state index < -0.39 is 0 Å². The van der Waals surface area contributed by atoms with Gasteiger partial charge in [0, 0.05) is 19.0 Å². The monoisotopic (exact) mass is 396 g/mol. The van der Waals surface area contributed by atoms with Crippen LogP contribution in [0.25, 0.3) is 0 Å². The van der Waals surface area contributed by atoms with E-state index in [9.17, 15) is 4.79 Å². The third kappa shape index (κ3) is 6.07. The van der Waals surface area contributed by atoms with Crippen molar-refractivity contribution in [3.05, 3.63) is 35.4 Å². The second-order valence-electron chi connectivity index (χ2n) is 9.85. The van der Waals surface area contributed by atoms with E-state index in [0.29, 0.717) is 5.91 Å². The molecule has 1 aromatic carbocycles. The highest BCUT2D eigenvalue weighted by atomic mass is 16.1. The van der Waals surface area contributed by atoms with Gasteiger partial charge in [0.25, 0.3) is 0 Å². The summed E-state index contributed by atoms with van der Waals surface area (Å²) in [4.78, 5) is 15.1. The van der Waals surface area contributed by atoms with Crippen molar-refractivity contribution in [3.63, 3.8) is 0 Å². The number of carbonyl (C=O) groups excluding carboxylic acids is 1. The standard InChI is InChI=1S/C26H40N2O/c29-26(25-14-12-24(13-15-25)23-6-2-1-3-7-23)27-17-16-21-8-10-22(11-9-21)20-28-18-4-5-19-28/h8-11,23-25H,1-7,12-20H2,(H,27,29). The molecule has 0 radical (unpaired) electrons. The minimum atomic E-state index is 0.262. The minimum absolute atomic E-state index is 0.262. The van der Waals surface area contributed by atoms with Crippen molar-refractivity contribution < 1.29 is 4.79 Å². The molecule has 1 heterocycles. The lowest BCUT2D eigenvalue weighted by Crippen LogP contribution is -2.35. The first-order chi connectivity index (χ1) is 14.3. The van der Waals surface area contributed by atoms with Crippen molar-refractivity contribution in [2.75, 3.05) is 19.6 Å². The highest BCUT2D eigenvalue weighted by molar-refractivity contribution is 5.78. The number of likely N-dealkylation sites (tertiary alicyclic amines) is 1. The van der Waals surface area contributed by atoms with E-state index >= 15 is 0 Å². The molecular formula is C26H40N2O. The molecule has 1 aliphatic heterocycles. The first kappa shape index (κ1) is 20.9. The number of carbonyl (C=O) groups is 1. The quantitative estimate of drug-likeness (QED) is 0.676. The van der Waals surface area contributed by atoms with Gasteiger partial charge in [0.15, 0.2) is 0 Å². The van der Waals surface area contributed by atoms with Gasteiger partial charge in [-0.15, -0.1) is 0 Å². The summed E-state index contributed by atoms with van der Waals surface area (Å²) in [5.41, 5.74) is 2.74. The van der Waals surface area contributed by atoms with Crippen LogP contribution in [0.15, 0.2) is 24.3 Å². The average molecular weight is 397 g/mol. The van der Waals surface area contributed by atoms with Crippen LogP contribution in [0.5, 0.6) is 0 Å². The highest BCUT2D eigenvalue weighted by Crippen LogP contribution is 2.39. The summed E-state index contributed by atoms with van der Waals surface area (Å²) >= 11 is 0. The van der Waals surface area contributed by atoms with E-state index in [1.54, 1.807) is 0 Å². The number of rotatable bonds is 7. The van der Waals surface area contributed by atoms with Gasteiger partial charge in [-0.25, -0.2) is 0 Å². The zero-order valence-corrected chi connectivity index (χ0v) is 18.2. The highest BCUT2D eigenvalue weighted by Gasteiger charge is 2.31. The fraction of sp³-hybridized carbons (Fsp3) is 0.731. The van der Waals surface area contributed by atoms with Gasteiger partial charge in [-0.05, 0) is 81.0 Å². The van der Waals surface area contributed by atoms with Crippen molar-refractivity contribution in [3.8, 4) is 0 Å². The van der Waals surface area contributed by atoms with Crippen LogP contribution in [-0.2, 0) is 17.8 Å². The number of benzene rings is 1. The Hall–Kier alpha value is -1.35. The molecule has 29 heavy (non-hydrogen) atoms. The second kappa shape index (κ2) is 10.6.